The highest BCUT2D eigenvalue weighted by Gasteiger charge is 2.07. The average Bonchev–Trinajstić information content (AvgIpc) is 3.32. The second-order valence-electron chi connectivity index (χ2n) is 7.53. The van der Waals surface area contributed by atoms with E-state index >= 15 is 0 Å². The van der Waals surface area contributed by atoms with E-state index in [-0.39, 0.29) is 0 Å². The van der Waals surface area contributed by atoms with Crippen LogP contribution in [0.5, 0.6) is 0 Å². The number of benzene rings is 2. The zero-order valence-corrected chi connectivity index (χ0v) is 18.5. The lowest BCUT2D eigenvalue weighted by Gasteiger charge is -2.15. The van der Waals surface area contributed by atoms with Gasteiger partial charge < -0.3 is 5.32 Å². The van der Waals surface area contributed by atoms with Gasteiger partial charge in [0.05, 0.1) is 17.6 Å². The molecule has 162 valence electrons. The molecule has 2 heterocycles. The van der Waals surface area contributed by atoms with Gasteiger partial charge in [-0.05, 0) is 66.7 Å². The molecular formula is C26H28N6. The minimum Gasteiger partial charge on any atom is -0.355 e. The fourth-order valence-corrected chi connectivity index (χ4v) is 3.41. The van der Waals surface area contributed by atoms with Crippen molar-refractivity contribution in [3.8, 4) is 5.69 Å². The van der Waals surface area contributed by atoms with E-state index in [1.165, 1.54) is 0 Å². The Morgan fingerprint density at radius 2 is 1.59 bits per heavy atom. The number of hydrogen-bond acceptors (Lipinski definition) is 5. The van der Waals surface area contributed by atoms with Crippen molar-refractivity contribution in [2.45, 2.75) is 20.4 Å². The highest BCUT2D eigenvalue weighted by molar-refractivity contribution is 5.71. The van der Waals surface area contributed by atoms with Crippen molar-refractivity contribution in [2.75, 3.05) is 18.4 Å². The molecule has 2 aromatic heterocycles. The summed E-state index contributed by atoms with van der Waals surface area (Å²) in [6.45, 7) is 7.13. The van der Waals surface area contributed by atoms with Crippen LogP contribution in [0.1, 0.15) is 30.7 Å². The molecule has 0 fully saturated rings. The molecule has 0 amide bonds. The fraction of sp³-hybridized carbons (Fsp3) is 0.192. The van der Waals surface area contributed by atoms with Gasteiger partial charge in [-0.25, -0.2) is 4.68 Å². The molecular weight excluding hydrogens is 396 g/mol. The fourth-order valence-electron chi connectivity index (χ4n) is 3.41. The number of nitrogens with zero attached hydrogens (tertiary/aromatic N) is 5. The standard InChI is InChI=1S/C26H28N6/c1-3-31(4-2)19-25-20-32(30-29-25)26-7-5-6-24(18-26)28-23-12-10-21(11-13-23)8-9-22-14-16-27-17-15-22/h5-18,20,28H,3-4,19H2,1-2H3/b9-8+. The number of anilines is 2. The molecule has 0 radical (unpaired) electrons. The molecule has 0 aliphatic rings. The van der Waals surface area contributed by atoms with E-state index in [9.17, 15) is 0 Å². The molecule has 0 bridgehead atoms. The average molecular weight is 425 g/mol. The number of aromatic nitrogens is 4. The summed E-state index contributed by atoms with van der Waals surface area (Å²) in [6, 6.07) is 20.5. The second kappa shape index (κ2) is 10.5. The summed E-state index contributed by atoms with van der Waals surface area (Å²) in [6.07, 6.45) is 9.78. The van der Waals surface area contributed by atoms with E-state index in [0.717, 1.165) is 53.5 Å². The molecule has 6 nitrogen and oxygen atoms in total. The van der Waals surface area contributed by atoms with Crippen molar-refractivity contribution < 1.29 is 0 Å². The van der Waals surface area contributed by atoms with Crippen LogP contribution in [0.4, 0.5) is 11.4 Å². The highest BCUT2D eigenvalue weighted by atomic mass is 15.4. The first-order chi connectivity index (χ1) is 15.7. The lowest BCUT2D eigenvalue weighted by molar-refractivity contribution is 0.292. The Kier molecular flexibility index (Phi) is 7.05. The molecule has 0 aliphatic carbocycles. The topological polar surface area (TPSA) is 58.9 Å². The molecule has 0 saturated heterocycles. The van der Waals surface area contributed by atoms with Crippen molar-refractivity contribution in [3.63, 3.8) is 0 Å². The van der Waals surface area contributed by atoms with Crippen molar-refractivity contribution in [1.29, 1.82) is 0 Å². The Hall–Kier alpha value is -3.77. The van der Waals surface area contributed by atoms with E-state index in [4.69, 9.17) is 0 Å². The first kappa shape index (κ1) is 21.5. The van der Waals surface area contributed by atoms with E-state index in [1.54, 1.807) is 12.4 Å². The van der Waals surface area contributed by atoms with Gasteiger partial charge in [-0.2, -0.15) is 0 Å². The van der Waals surface area contributed by atoms with Gasteiger partial charge in [0.2, 0.25) is 0 Å². The van der Waals surface area contributed by atoms with E-state index in [1.807, 2.05) is 35.1 Å². The van der Waals surface area contributed by atoms with Crippen molar-refractivity contribution in [1.82, 2.24) is 24.9 Å². The highest BCUT2D eigenvalue weighted by Crippen LogP contribution is 2.21. The third-order valence-electron chi connectivity index (χ3n) is 5.31. The Morgan fingerprint density at radius 1 is 0.875 bits per heavy atom. The van der Waals surface area contributed by atoms with Gasteiger partial charge in [0, 0.05) is 30.3 Å². The zero-order valence-electron chi connectivity index (χ0n) is 18.5. The summed E-state index contributed by atoms with van der Waals surface area (Å²) < 4.78 is 1.83. The van der Waals surface area contributed by atoms with Crippen LogP contribution in [0, 0.1) is 0 Å². The van der Waals surface area contributed by atoms with Crippen LogP contribution < -0.4 is 5.32 Å². The maximum atomic E-state index is 4.33. The Balaban J connectivity index is 1.42. The first-order valence-corrected chi connectivity index (χ1v) is 10.9. The molecule has 1 N–H and O–H groups in total. The van der Waals surface area contributed by atoms with Gasteiger partial charge in [0.25, 0.3) is 0 Å². The van der Waals surface area contributed by atoms with E-state index < -0.39 is 0 Å². The zero-order chi connectivity index (χ0) is 22.2. The molecule has 0 saturated carbocycles. The quantitative estimate of drug-likeness (QED) is 0.389. The van der Waals surface area contributed by atoms with Crippen LogP contribution in [-0.4, -0.2) is 38.0 Å². The molecule has 0 atom stereocenters. The Bertz CT molecular complexity index is 1140. The summed E-state index contributed by atoms with van der Waals surface area (Å²) in [4.78, 5) is 6.37. The predicted molar refractivity (Wildman–Crippen MR) is 131 cm³/mol. The number of pyridine rings is 1. The summed E-state index contributed by atoms with van der Waals surface area (Å²) in [5.74, 6) is 0. The van der Waals surface area contributed by atoms with Gasteiger partial charge in [-0.1, -0.05) is 49.4 Å². The van der Waals surface area contributed by atoms with Gasteiger partial charge in [0.15, 0.2) is 0 Å². The Labute approximate surface area is 189 Å². The summed E-state index contributed by atoms with van der Waals surface area (Å²) in [5, 5.41) is 12.1. The predicted octanol–water partition coefficient (Wildman–Crippen LogP) is 5.42. The van der Waals surface area contributed by atoms with Crippen LogP contribution in [0.15, 0.2) is 79.3 Å². The molecule has 32 heavy (non-hydrogen) atoms. The molecule has 4 rings (SSSR count). The summed E-state index contributed by atoms with van der Waals surface area (Å²) in [7, 11) is 0. The largest absolute Gasteiger partial charge is 0.355 e. The van der Waals surface area contributed by atoms with Crippen molar-refractivity contribution in [2.24, 2.45) is 0 Å². The Morgan fingerprint density at radius 3 is 2.31 bits per heavy atom. The second-order valence-corrected chi connectivity index (χ2v) is 7.53. The van der Waals surface area contributed by atoms with Crippen molar-refractivity contribution >= 4 is 23.5 Å². The molecule has 0 spiro atoms. The monoisotopic (exact) mass is 424 g/mol. The van der Waals surface area contributed by atoms with E-state index in [0.29, 0.717) is 0 Å². The minimum absolute atomic E-state index is 0.812. The van der Waals surface area contributed by atoms with Gasteiger partial charge in [0.1, 0.15) is 0 Å². The minimum atomic E-state index is 0.812. The van der Waals surface area contributed by atoms with Crippen LogP contribution in [0.3, 0.4) is 0 Å². The molecule has 0 unspecified atom stereocenters. The SMILES string of the molecule is CCN(CC)Cc1cn(-c2cccc(Nc3ccc(/C=C/c4ccncc4)cc3)c2)nn1. The first-order valence-electron chi connectivity index (χ1n) is 10.9. The number of nitrogens with one attached hydrogen (secondary N) is 1. The lowest BCUT2D eigenvalue weighted by atomic mass is 10.1. The van der Waals surface area contributed by atoms with Crippen LogP contribution in [0.2, 0.25) is 0 Å². The molecule has 2 aromatic carbocycles. The molecule has 4 aromatic rings. The van der Waals surface area contributed by atoms with E-state index in [2.05, 4.69) is 87.9 Å². The van der Waals surface area contributed by atoms with Gasteiger partial charge >= 0.3 is 0 Å². The summed E-state index contributed by atoms with van der Waals surface area (Å²) >= 11 is 0. The smallest absolute Gasteiger partial charge is 0.0971 e. The molecule has 0 aliphatic heterocycles. The lowest BCUT2D eigenvalue weighted by Crippen LogP contribution is -2.22. The van der Waals surface area contributed by atoms with Crippen LogP contribution in [-0.2, 0) is 6.54 Å². The van der Waals surface area contributed by atoms with Crippen LogP contribution in [0.25, 0.3) is 17.8 Å². The normalized spacial score (nSPS) is 11.3. The number of rotatable bonds is 9. The summed E-state index contributed by atoms with van der Waals surface area (Å²) in [5.41, 5.74) is 6.26. The third kappa shape index (κ3) is 5.68. The maximum absolute atomic E-state index is 4.33. The molecule has 6 heteroatoms. The third-order valence-corrected chi connectivity index (χ3v) is 5.31. The van der Waals surface area contributed by atoms with Crippen LogP contribution >= 0.6 is 0 Å². The number of hydrogen-bond donors (Lipinski definition) is 1. The van der Waals surface area contributed by atoms with Gasteiger partial charge in [-0.3, -0.25) is 9.88 Å². The maximum Gasteiger partial charge on any atom is 0.0971 e. The van der Waals surface area contributed by atoms with Gasteiger partial charge in [-0.15, -0.1) is 5.10 Å². The van der Waals surface area contributed by atoms with Crippen molar-refractivity contribution in [3.05, 3.63) is 96.1 Å².